The number of ether oxygens (including phenoxy) is 1. The van der Waals surface area contributed by atoms with Crippen LogP contribution >= 0.6 is 0 Å². The van der Waals surface area contributed by atoms with Crippen LogP contribution in [-0.2, 0) is 11.2 Å². The zero-order valence-electron chi connectivity index (χ0n) is 18.9. The van der Waals surface area contributed by atoms with Crippen LogP contribution in [0.4, 0.5) is 17.6 Å². The molecule has 0 spiro atoms. The molecule has 1 nitrogen and oxygen atoms in total. The Labute approximate surface area is 201 Å². The highest BCUT2D eigenvalue weighted by Crippen LogP contribution is 2.20. The summed E-state index contributed by atoms with van der Waals surface area (Å²) in [5.74, 6) is 7.28. The molecule has 0 heterocycles. The van der Waals surface area contributed by atoms with Gasteiger partial charge in [0.25, 0.3) is 0 Å². The molecule has 5 heteroatoms. The topological polar surface area (TPSA) is 9.23 Å². The Balaban J connectivity index is 1.52. The van der Waals surface area contributed by atoms with E-state index in [1.165, 1.54) is 6.07 Å². The number of fused-ring (bicyclic) bond motifs is 1. The molecule has 0 aliphatic rings. The molecule has 0 saturated carbocycles. The molecule has 0 aliphatic carbocycles. The van der Waals surface area contributed by atoms with E-state index in [0.29, 0.717) is 22.9 Å². The van der Waals surface area contributed by atoms with Crippen molar-refractivity contribution >= 4 is 10.8 Å². The van der Waals surface area contributed by atoms with Crippen molar-refractivity contribution in [1.82, 2.24) is 0 Å². The van der Waals surface area contributed by atoms with Crippen molar-refractivity contribution in [2.45, 2.75) is 12.8 Å². The Morgan fingerprint density at radius 2 is 1.20 bits per heavy atom. The normalized spacial score (nSPS) is 10.4. The van der Waals surface area contributed by atoms with Crippen LogP contribution in [0.15, 0.2) is 66.7 Å². The summed E-state index contributed by atoms with van der Waals surface area (Å²) in [6.45, 7) is 0.697. The van der Waals surface area contributed by atoms with Crippen LogP contribution in [0.5, 0.6) is 0 Å². The van der Waals surface area contributed by atoms with Gasteiger partial charge in [-0.1, -0.05) is 41.9 Å². The second-order valence-corrected chi connectivity index (χ2v) is 7.94. The maximum absolute atomic E-state index is 14.6. The zero-order chi connectivity index (χ0) is 24.8. The molecule has 174 valence electrons. The second kappa shape index (κ2) is 10.9. The van der Waals surface area contributed by atoms with Gasteiger partial charge >= 0.3 is 0 Å². The first-order valence-electron chi connectivity index (χ1n) is 10.9. The molecular formula is C30H20F4O. The fourth-order valence-electron chi connectivity index (χ4n) is 3.54. The molecule has 0 radical (unpaired) electrons. The molecule has 0 N–H and O–H groups in total. The van der Waals surface area contributed by atoms with Gasteiger partial charge in [-0.25, -0.2) is 17.6 Å². The molecule has 4 aromatic carbocycles. The van der Waals surface area contributed by atoms with E-state index >= 15 is 0 Å². The average molecular weight is 472 g/mol. The maximum atomic E-state index is 14.6. The van der Waals surface area contributed by atoms with Crippen LogP contribution in [0.25, 0.3) is 10.8 Å². The monoisotopic (exact) mass is 472 g/mol. The van der Waals surface area contributed by atoms with Crippen molar-refractivity contribution in [3.8, 4) is 23.7 Å². The quantitative estimate of drug-likeness (QED) is 0.181. The fraction of sp³-hybridized carbons (Fsp3) is 0.133. The fourth-order valence-corrected chi connectivity index (χ4v) is 3.54. The van der Waals surface area contributed by atoms with Gasteiger partial charge in [0.2, 0.25) is 0 Å². The Kier molecular flexibility index (Phi) is 7.51. The molecule has 0 aliphatic heterocycles. The van der Waals surface area contributed by atoms with Gasteiger partial charge in [0.1, 0.15) is 11.6 Å². The molecule has 0 aromatic heterocycles. The Bertz CT molecular complexity index is 1480. The standard InChI is InChI=1S/C30H20F4O/c1-35-14-2-3-20-4-6-21(7-5-20)8-9-23-16-27(31)26(28(32)17-23)13-11-22-10-12-24-18-29(33)30(34)19-25(24)15-22/h4-7,10,12,15-19H,2-3,14H2,1H3. The van der Waals surface area contributed by atoms with E-state index in [0.717, 1.165) is 48.2 Å². The molecule has 0 bridgehead atoms. The van der Waals surface area contributed by atoms with Crippen molar-refractivity contribution in [2.75, 3.05) is 13.7 Å². The third-order valence-corrected chi connectivity index (χ3v) is 5.37. The van der Waals surface area contributed by atoms with Crippen LogP contribution in [0.3, 0.4) is 0 Å². The lowest BCUT2D eigenvalue weighted by atomic mass is 10.1. The van der Waals surface area contributed by atoms with Crippen molar-refractivity contribution in [3.05, 3.63) is 118 Å². The van der Waals surface area contributed by atoms with Crippen LogP contribution < -0.4 is 0 Å². The maximum Gasteiger partial charge on any atom is 0.159 e. The summed E-state index contributed by atoms with van der Waals surface area (Å²) < 4.78 is 61.1. The average Bonchev–Trinajstić information content (AvgIpc) is 2.84. The Morgan fingerprint density at radius 3 is 1.89 bits per heavy atom. The summed E-state index contributed by atoms with van der Waals surface area (Å²) in [4.78, 5) is 0. The number of aryl methyl sites for hydroxylation is 1. The highest BCUT2D eigenvalue weighted by atomic mass is 19.2. The van der Waals surface area contributed by atoms with Gasteiger partial charge in [0, 0.05) is 30.4 Å². The lowest BCUT2D eigenvalue weighted by Crippen LogP contribution is -1.93. The molecule has 0 unspecified atom stereocenters. The number of hydrogen-bond acceptors (Lipinski definition) is 1. The summed E-state index contributed by atoms with van der Waals surface area (Å²) in [5.41, 5.74) is 2.12. The Hall–Kier alpha value is -4.06. The van der Waals surface area contributed by atoms with Gasteiger partial charge in [-0.05, 0) is 77.7 Å². The highest BCUT2D eigenvalue weighted by molar-refractivity contribution is 5.84. The molecule has 35 heavy (non-hydrogen) atoms. The minimum absolute atomic E-state index is 0.193. The smallest absolute Gasteiger partial charge is 0.159 e. The number of methoxy groups -OCH3 is 1. The summed E-state index contributed by atoms with van der Waals surface area (Å²) in [7, 11) is 1.67. The van der Waals surface area contributed by atoms with Gasteiger partial charge in [-0.2, -0.15) is 0 Å². The highest BCUT2D eigenvalue weighted by Gasteiger charge is 2.09. The van der Waals surface area contributed by atoms with Crippen LogP contribution in [-0.4, -0.2) is 13.7 Å². The molecular weight excluding hydrogens is 452 g/mol. The third kappa shape index (κ3) is 6.09. The Morgan fingerprint density at radius 1 is 0.600 bits per heavy atom. The first-order valence-corrected chi connectivity index (χ1v) is 10.9. The van der Waals surface area contributed by atoms with Gasteiger partial charge in [0.05, 0.1) is 5.56 Å². The molecule has 0 saturated heterocycles. The van der Waals surface area contributed by atoms with Crippen molar-refractivity contribution < 1.29 is 22.3 Å². The van der Waals surface area contributed by atoms with E-state index in [1.807, 2.05) is 24.3 Å². The lowest BCUT2D eigenvalue weighted by molar-refractivity contribution is 0.195. The SMILES string of the molecule is COCCCc1ccc(C#Cc2cc(F)c(C#Cc3ccc4cc(F)c(F)cc4c3)c(F)c2)cc1. The predicted octanol–water partition coefficient (Wildman–Crippen LogP) is 6.77. The first kappa shape index (κ1) is 24.1. The summed E-state index contributed by atoms with van der Waals surface area (Å²) >= 11 is 0. The summed E-state index contributed by atoms with van der Waals surface area (Å²) in [6, 6.07) is 16.8. The van der Waals surface area contributed by atoms with E-state index in [9.17, 15) is 17.6 Å². The minimum atomic E-state index is -0.977. The van der Waals surface area contributed by atoms with E-state index in [4.69, 9.17) is 4.74 Å². The summed E-state index contributed by atoms with van der Waals surface area (Å²) in [5, 5.41) is 0.931. The van der Waals surface area contributed by atoms with Crippen LogP contribution in [0.2, 0.25) is 0 Å². The largest absolute Gasteiger partial charge is 0.385 e. The molecule has 4 rings (SSSR count). The van der Waals surface area contributed by atoms with Crippen molar-refractivity contribution in [2.24, 2.45) is 0 Å². The van der Waals surface area contributed by atoms with Gasteiger partial charge in [-0.15, -0.1) is 0 Å². The van der Waals surface area contributed by atoms with Crippen LogP contribution in [0.1, 0.15) is 34.2 Å². The number of rotatable bonds is 4. The number of hydrogen-bond donors (Lipinski definition) is 0. The number of halogens is 4. The van der Waals surface area contributed by atoms with Crippen molar-refractivity contribution in [3.63, 3.8) is 0 Å². The first-order chi connectivity index (χ1) is 16.9. The van der Waals surface area contributed by atoms with Gasteiger partial charge < -0.3 is 4.74 Å². The molecule has 0 atom stereocenters. The number of benzene rings is 4. The van der Waals surface area contributed by atoms with Crippen molar-refractivity contribution in [1.29, 1.82) is 0 Å². The zero-order valence-corrected chi connectivity index (χ0v) is 18.9. The predicted molar refractivity (Wildman–Crippen MR) is 129 cm³/mol. The third-order valence-electron chi connectivity index (χ3n) is 5.37. The van der Waals surface area contributed by atoms with Gasteiger partial charge in [0.15, 0.2) is 11.6 Å². The van der Waals surface area contributed by atoms with E-state index in [-0.39, 0.29) is 11.1 Å². The molecule has 0 amide bonds. The lowest BCUT2D eigenvalue weighted by Gasteiger charge is -2.01. The van der Waals surface area contributed by atoms with E-state index in [2.05, 4.69) is 23.7 Å². The second-order valence-electron chi connectivity index (χ2n) is 7.94. The van der Waals surface area contributed by atoms with E-state index in [1.54, 1.807) is 19.2 Å². The van der Waals surface area contributed by atoms with E-state index < -0.39 is 23.3 Å². The molecule has 0 fully saturated rings. The minimum Gasteiger partial charge on any atom is -0.385 e. The molecule has 4 aromatic rings. The van der Waals surface area contributed by atoms with Crippen LogP contribution in [0, 0.1) is 47.0 Å². The summed E-state index contributed by atoms with van der Waals surface area (Å²) in [6.07, 6.45) is 1.82. The van der Waals surface area contributed by atoms with Gasteiger partial charge in [-0.3, -0.25) is 0 Å².